The van der Waals surface area contributed by atoms with E-state index in [0.29, 0.717) is 12.3 Å². The number of benzene rings is 2. The van der Waals surface area contributed by atoms with Crippen molar-refractivity contribution in [2.24, 2.45) is 0 Å². The van der Waals surface area contributed by atoms with Gasteiger partial charge in [-0.15, -0.1) is 0 Å². The van der Waals surface area contributed by atoms with E-state index in [0.717, 1.165) is 16.7 Å². The van der Waals surface area contributed by atoms with E-state index in [9.17, 15) is 9.59 Å². The van der Waals surface area contributed by atoms with Crippen molar-refractivity contribution in [1.29, 1.82) is 0 Å². The predicted molar refractivity (Wildman–Crippen MR) is 102 cm³/mol. The Morgan fingerprint density at radius 1 is 1.12 bits per heavy atom. The summed E-state index contributed by atoms with van der Waals surface area (Å²) in [5.74, 6) is 0.204. The number of likely N-dealkylation sites (N-methyl/N-ethyl adjacent to an activating group) is 1. The Bertz CT molecular complexity index is 773. The van der Waals surface area contributed by atoms with Crippen LogP contribution in [0, 0.1) is 13.8 Å². The Balaban J connectivity index is 2.15. The summed E-state index contributed by atoms with van der Waals surface area (Å²) in [5, 5.41) is 2.61. The maximum absolute atomic E-state index is 12.8. The minimum absolute atomic E-state index is 0.114. The van der Waals surface area contributed by atoms with Crippen molar-refractivity contribution in [3.8, 4) is 5.75 Å². The smallest absolute Gasteiger partial charge is 0.261 e. The molecular weight excluding hydrogens is 328 g/mol. The van der Waals surface area contributed by atoms with Gasteiger partial charge in [-0.25, -0.2) is 0 Å². The van der Waals surface area contributed by atoms with Gasteiger partial charge in [-0.05, 0) is 49.6 Å². The zero-order valence-corrected chi connectivity index (χ0v) is 15.8. The lowest BCUT2D eigenvalue weighted by molar-refractivity contribution is -0.142. The fourth-order valence-electron chi connectivity index (χ4n) is 2.70. The third-order valence-corrected chi connectivity index (χ3v) is 4.37. The number of ether oxygens (including phenoxy) is 1. The normalized spacial score (nSPS) is 11.5. The van der Waals surface area contributed by atoms with Gasteiger partial charge in [0.05, 0.1) is 0 Å². The summed E-state index contributed by atoms with van der Waals surface area (Å²) in [5.41, 5.74) is 3.15. The van der Waals surface area contributed by atoms with Crippen molar-refractivity contribution in [3.63, 3.8) is 0 Å². The molecule has 1 N–H and O–H groups in total. The number of aryl methyl sites for hydroxylation is 2. The van der Waals surface area contributed by atoms with E-state index >= 15 is 0 Å². The minimum Gasteiger partial charge on any atom is -0.484 e. The Kier molecular flexibility index (Phi) is 6.78. The van der Waals surface area contributed by atoms with E-state index in [4.69, 9.17) is 4.74 Å². The van der Waals surface area contributed by atoms with Crippen LogP contribution in [0.3, 0.4) is 0 Å². The van der Waals surface area contributed by atoms with Crippen LogP contribution in [-0.4, -0.2) is 36.4 Å². The topological polar surface area (TPSA) is 58.6 Å². The van der Waals surface area contributed by atoms with Gasteiger partial charge in [0.1, 0.15) is 11.8 Å². The molecule has 5 heteroatoms. The molecule has 0 aliphatic heterocycles. The van der Waals surface area contributed by atoms with Gasteiger partial charge in [-0.2, -0.15) is 0 Å². The number of carbonyl (C=O) groups is 2. The molecule has 0 unspecified atom stereocenters. The highest BCUT2D eigenvalue weighted by molar-refractivity contribution is 5.87. The van der Waals surface area contributed by atoms with Gasteiger partial charge < -0.3 is 15.0 Å². The highest BCUT2D eigenvalue weighted by Gasteiger charge is 2.26. The molecule has 0 bridgehead atoms. The van der Waals surface area contributed by atoms with Crippen molar-refractivity contribution in [3.05, 3.63) is 65.2 Å². The van der Waals surface area contributed by atoms with E-state index in [1.54, 1.807) is 18.9 Å². The van der Waals surface area contributed by atoms with Crippen LogP contribution in [0.4, 0.5) is 0 Å². The number of nitrogens with one attached hydrogen (secondary N) is 1. The Labute approximate surface area is 155 Å². The standard InChI is InChI=1S/C21H26N2O3/c1-15-8-7-11-19(12-15)26-14-20(24)23(17(3)21(25)22-4)13-18-10-6-5-9-16(18)2/h5-12,17H,13-14H2,1-4H3,(H,22,25)/t17-/m1/s1. The molecule has 2 aromatic carbocycles. The van der Waals surface area contributed by atoms with E-state index < -0.39 is 6.04 Å². The van der Waals surface area contributed by atoms with Crippen molar-refractivity contribution >= 4 is 11.8 Å². The summed E-state index contributed by atoms with van der Waals surface area (Å²) in [7, 11) is 1.57. The second-order valence-corrected chi connectivity index (χ2v) is 6.34. The van der Waals surface area contributed by atoms with E-state index in [1.807, 2.05) is 62.4 Å². The van der Waals surface area contributed by atoms with E-state index in [2.05, 4.69) is 5.32 Å². The molecule has 0 saturated carbocycles. The second kappa shape index (κ2) is 9.04. The number of amides is 2. The molecule has 0 heterocycles. The molecule has 2 aromatic rings. The first-order valence-corrected chi connectivity index (χ1v) is 8.67. The molecule has 26 heavy (non-hydrogen) atoms. The summed E-state index contributed by atoms with van der Waals surface area (Å²) in [6.07, 6.45) is 0. The third kappa shape index (κ3) is 5.09. The SMILES string of the molecule is CNC(=O)[C@@H](C)N(Cc1ccccc1C)C(=O)COc1cccc(C)c1. The third-order valence-electron chi connectivity index (χ3n) is 4.37. The van der Waals surface area contributed by atoms with Crippen molar-refractivity contribution in [2.45, 2.75) is 33.4 Å². The van der Waals surface area contributed by atoms with Crippen LogP contribution in [0.15, 0.2) is 48.5 Å². The molecule has 0 radical (unpaired) electrons. The largest absolute Gasteiger partial charge is 0.484 e. The molecule has 0 saturated heterocycles. The number of rotatable bonds is 7. The van der Waals surface area contributed by atoms with Crippen molar-refractivity contribution in [1.82, 2.24) is 10.2 Å². The lowest BCUT2D eigenvalue weighted by atomic mass is 10.1. The summed E-state index contributed by atoms with van der Waals surface area (Å²) in [6.45, 7) is 5.92. The minimum atomic E-state index is -0.590. The zero-order valence-electron chi connectivity index (χ0n) is 15.8. The maximum atomic E-state index is 12.8. The number of carbonyl (C=O) groups excluding carboxylic acids is 2. The lowest BCUT2D eigenvalue weighted by Gasteiger charge is -2.28. The van der Waals surface area contributed by atoms with Crippen LogP contribution < -0.4 is 10.1 Å². The quantitative estimate of drug-likeness (QED) is 0.832. The molecule has 0 fully saturated rings. The Morgan fingerprint density at radius 3 is 2.50 bits per heavy atom. The molecule has 0 spiro atoms. The van der Waals surface area contributed by atoms with Gasteiger partial charge in [-0.3, -0.25) is 9.59 Å². The van der Waals surface area contributed by atoms with Crippen LogP contribution >= 0.6 is 0 Å². The monoisotopic (exact) mass is 354 g/mol. The van der Waals surface area contributed by atoms with Crippen molar-refractivity contribution < 1.29 is 14.3 Å². The van der Waals surface area contributed by atoms with Gasteiger partial charge in [0.15, 0.2) is 6.61 Å². The average molecular weight is 354 g/mol. The fourth-order valence-corrected chi connectivity index (χ4v) is 2.70. The Hall–Kier alpha value is -2.82. The number of nitrogens with zero attached hydrogens (tertiary/aromatic N) is 1. The first-order chi connectivity index (χ1) is 12.4. The molecule has 0 aliphatic rings. The highest BCUT2D eigenvalue weighted by Crippen LogP contribution is 2.16. The molecule has 5 nitrogen and oxygen atoms in total. The summed E-state index contributed by atoms with van der Waals surface area (Å²) in [6, 6.07) is 14.8. The maximum Gasteiger partial charge on any atom is 0.261 e. The summed E-state index contributed by atoms with van der Waals surface area (Å²) >= 11 is 0. The molecule has 0 aromatic heterocycles. The predicted octanol–water partition coefficient (Wildman–Crippen LogP) is 2.85. The van der Waals surface area contributed by atoms with Crippen molar-refractivity contribution in [2.75, 3.05) is 13.7 Å². The molecule has 138 valence electrons. The molecule has 2 rings (SSSR count). The second-order valence-electron chi connectivity index (χ2n) is 6.34. The highest BCUT2D eigenvalue weighted by atomic mass is 16.5. The van der Waals surface area contributed by atoms with Crippen LogP contribution in [0.25, 0.3) is 0 Å². The van der Waals surface area contributed by atoms with Crippen LogP contribution in [-0.2, 0) is 16.1 Å². The average Bonchev–Trinajstić information content (AvgIpc) is 2.64. The zero-order chi connectivity index (χ0) is 19.1. The number of hydrogen-bond acceptors (Lipinski definition) is 3. The summed E-state index contributed by atoms with van der Waals surface area (Å²) in [4.78, 5) is 26.5. The number of hydrogen-bond donors (Lipinski definition) is 1. The van der Waals surface area contributed by atoms with Crippen LogP contribution in [0.2, 0.25) is 0 Å². The van der Waals surface area contributed by atoms with E-state index in [-0.39, 0.29) is 18.4 Å². The first-order valence-electron chi connectivity index (χ1n) is 8.67. The molecule has 2 amide bonds. The van der Waals surface area contributed by atoms with Crippen LogP contribution in [0.5, 0.6) is 5.75 Å². The van der Waals surface area contributed by atoms with Gasteiger partial charge in [0.25, 0.3) is 5.91 Å². The molecule has 0 aliphatic carbocycles. The van der Waals surface area contributed by atoms with Gasteiger partial charge in [-0.1, -0.05) is 36.4 Å². The lowest BCUT2D eigenvalue weighted by Crippen LogP contribution is -2.48. The fraction of sp³-hybridized carbons (Fsp3) is 0.333. The Morgan fingerprint density at radius 2 is 1.85 bits per heavy atom. The van der Waals surface area contributed by atoms with Gasteiger partial charge in [0.2, 0.25) is 5.91 Å². The van der Waals surface area contributed by atoms with E-state index in [1.165, 1.54) is 0 Å². The van der Waals surface area contributed by atoms with Gasteiger partial charge >= 0.3 is 0 Å². The molecular formula is C21H26N2O3. The first kappa shape index (κ1) is 19.5. The van der Waals surface area contributed by atoms with Crippen LogP contribution in [0.1, 0.15) is 23.6 Å². The summed E-state index contributed by atoms with van der Waals surface area (Å²) < 4.78 is 5.64. The molecule has 1 atom stereocenters. The van der Waals surface area contributed by atoms with Gasteiger partial charge in [0, 0.05) is 13.6 Å².